The van der Waals surface area contributed by atoms with Gasteiger partial charge in [-0.25, -0.2) is 0 Å². The van der Waals surface area contributed by atoms with Crippen LogP contribution in [0.2, 0.25) is 0 Å². The minimum absolute atomic E-state index is 0.0317. The Labute approximate surface area is 104 Å². The molecule has 2 N–H and O–H groups in total. The molecule has 6 heteroatoms. The Hall–Kier alpha value is -0.460. The number of hydrogen-bond donors (Lipinski definition) is 2. The zero-order valence-electron chi connectivity index (χ0n) is 10.0. The van der Waals surface area contributed by atoms with E-state index in [1.54, 1.807) is 4.90 Å². The van der Waals surface area contributed by atoms with Gasteiger partial charge in [0.05, 0.1) is 18.5 Å². The average molecular weight is 263 g/mol. The minimum atomic E-state index is -1.39. The highest BCUT2D eigenvalue weighted by molar-refractivity contribution is 7.85. The molecular formula is C11H21NO4S. The second-order valence-electron chi connectivity index (χ2n) is 4.38. The first-order valence-corrected chi connectivity index (χ1v) is 7.54. The van der Waals surface area contributed by atoms with Crippen molar-refractivity contribution in [3.63, 3.8) is 0 Å². The smallest absolute Gasteiger partial charge is 0.235 e. The van der Waals surface area contributed by atoms with E-state index in [9.17, 15) is 9.00 Å². The van der Waals surface area contributed by atoms with Crippen molar-refractivity contribution < 1.29 is 19.2 Å². The molecule has 100 valence electrons. The van der Waals surface area contributed by atoms with Crippen LogP contribution in [0.3, 0.4) is 0 Å². The summed E-state index contributed by atoms with van der Waals surface area (Å²) in [5.41, 5.74) is 0. The summed E-state index contributed by atoms with van der Waals surface area (Å²) in [5.74, 6) is -0.178. The topological polar surface area (TPSA) is 77.8 Å². The van der Waals surface area contributed by atoms with E-state index in [-0.39, 0.29) is 17.4 Å². The van der Waals surface area contributed by atoms with E-state index in [2.05, 4.69) is 0 Å². The highest BCUT2D eigenvalue weighted by atomic mass is 32.2. The number of rotatable bonds is 5. The van der Waals surface area contributed by atoms with Gasteiger partial charge in [-0.3, -0.25) is 9.00 Å². The summed E-state index contributed by atoms with van der Waals surface area (Å²) >= 11 is 0. The molecule has 5 nitrogen and oxygen atoms in total. The fourth-order valence-electron chi connectivity index (χ4n) is 1.88. The molecule has 2 atom stereocenters. The van der Waals surface area contributed by atoms with Crippen molar-refractivity contribution in [3.8, 4) is 0 Å². The highest BCUT2D eigenvalue weighted by Crippen LogP contribution is 2.10. The fourth-order valence-corrected chi connectivity index (χ4v) is 2.99. The lowest BCUT2D eigenvalue weighted by Gasteiger charge is -2.20. The van der Waals surface area contributed by atoms with E-state index >= 15 is 0 Å². The molecule has 1 aliphatic rings. The van der Waals surface area contributed by atoms with Crippen LogP contribution in [0.1, 0.15) is 25.7 Å². The molecule has 1 saturated heterocycles. The van der Waals surface area contributed by atoms with Crippen molar-refractivity contribution in [2.75, 3.05) is 31.2 Å². The van der Waals surface area contributed by atoms with Gasteiger partial charge in [-0.2, -0.15) is 0 Å². The van der Waals surface area contributed by atoms with Gasteiger partial charge in [0.2, 0.25) is 5.91 Å². The van der Waals surface area contributed by atoms with E-state index in [1.165, 1.54) is 0 Å². The molecule has 0 spiro atoms. The quantitative estimate of drug-likeness (QED) is 0.700. The SMILES string of the molecule is O=C(CS(=O)CC(O)CO)N1CCCCCC1. The molecule has 0 aliphatic carbocycles. The van der Waals surface area contributed by atoms with Crippen LogP contribution in [0.5, 0.6) is 0 Å². The third kappa shape index (κ3) is 5.61. The van der Waals surface area contributed by atoms with Crippen LogP contribution in [0.25, 0.3) is 0 Å². The number of carbonyl (C=O) groups excluding carboxylic acids is 1. The van der Waals surface area contributed by atoms with Crippen molar-refractivity contribution in [3.05, 3.63) is 0 Å². The maximum atomic E-state index is 11.8. The first-order chi connectivity index (χ1) is 8.13. The van der Waals surface area contributed by atoms with Gasteiger partial charge in [-0.15, -0.1) is 0 Å². The van der Waals surface area contributed by atoms with Gasteiger partial charge in [0.25, 0.3) is 0 Å². The van der Waals surface area contributed by atoms with E-state index in [4.69, 9.17) is 10.2 Å². The summed E-state index contributed by atoms with van der Waals surface area (Å²) in [6.07, 6.45) is 3.33. The standard InChI is InChI=1S/C11H21NO4S/c13-7-10(14)8-17(16)9-11(15)12-5-3-1-2-4-6-12/h10,13-14H,1-9H2. The largest absolute Gasteiger partial charge is 0.394 e. The third-order valence-corrected chi connectivity index (χ3v) is 4.16. The number of aliphatic hydroxyl groups is 2. The average Bonchev–Trinajstić information content (AvgIpc) is 2.57. The predicted octanol–water partition coefficient (Wildman–Crippen LogP) is -0.509. The molecule has 0 saturated carbocycles. The summed E-state index contributed by atoms with van der Waals surface area (Å²) in [5, 5.41) is 17.8. The van der Waals surface area contributed by atoms with E-state index in [1.807, 2.05) is 0 Å². The summed E-state index contributed by atoms with van der Waals surface area (Å²) in [4.78, 5) is 13.6. The molecule has 1 rings (SSSR count). The normalized spacial score (nSPS) is 20.7. The second-order valence-corrected chi connectivity index (χ2v) is 5.88. The van der Waals surface area contributed by atoms with Crippen LogP contribution < -0.4 is 0 Å². The van der Waals surface area contributed by atoms with Gasteiger partial charge >= 0.3 is 0 Å². The Balaban J connectivity index is 2.34. The van der Waals surface area contributed by atoms with Crippen LogP contribution >= 0.6 is 0 Å². The lowest BCUT2D eigenvalue weighted by molar-refractivity contribution is -0.128. The maximum absolute atomic E-state index is 11.8. The first kappa shape index (κ1) is 14.6. The van der Waals surface area contributed by atoms with Gasteiger partial charge in [-0.05, 0) is 12.8 Å². The molecule has 1 fully saturated rings. The highest BCUT2D eigenvalue weighted by Gasteiger charge is 2.19. The van der Waals surface area contributed by atoms with Gasteiger partial charge in [0.1, 0.15) is 5.75 Å². The molecule has 0 bridgehead atoms. The molecule has 0 aromatic carbocycles. The van der Waals surface area contributed by atoms with Gasteiger partial charge < -0.3 is 15.1 Å². The lowest BCUT2D eigenvalue weighted by Crippen LogP contribution is -2.36. The fraction of sp³-hybridized carbons (Fsp3) is 0.909. The van der Waals surface area contributed by atoms with E-state index < -0.39 is 23.5 Å². The van der Waals surface area contributed by atoms with Crippen molar-refractivity contribution in [1.29, 1.82) is 0 Å². The van der Waals surface area contributed by atoms with Crippen LogP contribution in [-0.2, 0) is 15.6 Å². The first-order valence-electron chi connectivity index (χ1n) is 6.05. The molecule has 1 amide bonds. The maximum Gasteiger partial charge on any atom is 0.235 e. The number of amides is 1. The minimum Gasteiger partial charge on any atom is -0.394 e. The second kappa shape index (κ2) is 7.79. The molecular weight excluding hydrogens is 242 g/mol. The van der Waals surface area contributed by atoms with Crippen LogP contribution in [0.15, 0.2) is 0 Å². The molecule has 0 radical (unpaired) electrons. The molecule has 2 unspecified atom stereocenters. The Kier molecular flexibility index (Phi) is 6.69. The molecule has 0 aromatic heterocycles. The predicted molar refractivity (Wildman–Crippen MR) is 66.0 cm³/mol. The number of likely N-dealkylation sites (tertiary alicyclic amines) is 1. The number of aliphatic hydroxyl groups excluding tert-OH is 2. The summed E-state index contributed by atoms with van der Waals surface area (Å²) in [7, 11) is -1.39. The van der Waals surface area contributed by atoms with Crippen LogP contribution in [-0.4, -0.2) is 62.5 Å². The van der Waals surface area contributed by atoms with Gasteiger partial charge in [-0.1, -0.05) is 12.8 Å². The van der Waals surface area contributed by atoms with E-state index in [0.717, 1.165) is 38.8 Å². The van der Waals surface area contributed by atoms with Gasteiger partial charge in [0, 0.05) is 23.9 Å². The Morgan fingerprint density at radius 1 is 1.24 bits per heavy atom. The number of carbonyl (C=O) groups is 1. The third-order valence-electron chi connectivity index (χ3n) is 2.83. The number of nitrogens with zero attached hydrogens (tertiary/aromatic N) is 1. The Bertz CT molecular complexity index is 264. The monoisotopic (exact) mass is 263 g/mol. The molecule has 1 heterocycles. The van der Waals surface area contributed by atoms with Crippen LogP contribution in [0.4, 0.5) is 0 Å². The molecule has 0 aromatic rings. The molecule has 17 heavy (non-hydrogen) atoms. The van der Waals surface area contributed by atoms with Crippen molar-refractivity contribution >= 4 is 16.7 Å². The Morgan fingerprint density at radius 2 is 1.82 bits per heavy atom. The van der Waals surface area contributed by atoms with Crippen molar-refractivity contribution in [2.24, 2.45) is 0 Å². The lowest BCUT2D eigenvalue weighted by atomic mass is 10.2. The van der Waals surface area contributed by atoms with Crippen molar-refractivity contribution in [1.82, 2.24) is 4.90 Å². The zero-order chi connectivity index (χ0) is 12.7. The number of hydrogen-bond acceptors (Lipinski definition) is 4. The Morgan fingerprint density at radius 3 is 2.35 bits per heavy atom. The van der Waals surface area contributed by atoms with Crippen LogP contribution in [0, 0.1) is 0 Å². The summed E-state index contributed by atoms with van der Waals surface area (Å²) < 4.78 is 11.5. The summed E-state index contributed by atoms with van der Waals surface area (Å²) in [6.45, 7) is 1.08. The summed E-state index contributed by atoms with van der Waals surface area (Å²) in [6, 6.07) is 0. The van der Waals surface area contributed by atoms with Gasteiger partial charge in [0.15, 0.2) is 0 Å². The zero-order valence-corrected chi connectivity index (χ0v) is 10.8. The van der Waals surface area contributed by atoms with Crippen molar-refractivity contribution in [2.45, 2.75) is 31.8 Å². The van der Waals surface area contributed by atoms with E-state index in [0.29, 0.717) is 0 Å². The molecule has 1 aliphatic heterocycles.